The molecule has 11 atom stereocenters. The smallest absolute Gasteiger partial charge is 0.349 e. The van der Waals surface area contributed by atoms with Crippen LogP contribution in [0, 0.1) is 0 Å². The third kappa shape index (κ3) is 8.02. The van der Waals surface area contributed by atoms with Crippen LogP contribution in [0.1, 0.15) is 20.1 Å². The summed E-state index contributed by atoms with van der Waals surface area (Å²) in [4.78, 5) is 66.8. The monoisotopic (exact) mass is 785 g/mol. The van der Waals surface area contributed by atoms with Crippen molar-refractivity contribution in [3.63, 3.8) is 0 Å². The molecule has 53 heavy (non-hydrogen) atoms. The maximum Gasteiger partial charge on any atom is 0.349 e. The molecule has 0 saturated carbocycles. The molecule has 3 aliphatic heterocycles. The Morgan fingerprint density at radius 3 is 2.43 bits per heavy atom. The van der Waals surface area contributed by atoms with Crippen LogP contribution in [0.25, 0.3) is 11.2 Å². The molecule has 1 aliphatic carbocycles. The molecule has 10 N–H and O–H groups in total. The van der Waals surface area contributed by atoms with Crippen LogP contribution in [-0.2, 0) is 27.7 Å². The number of β-amino-alcohol motifs (C(OH)–C–C–N with tert-alkyl or cyclic N) is 1. The number of amidine groups is 1. The normalized spacial score (nSPS) is 29.8. The molecule has 5 heterocycles. The van der Waals surface area contributed by atoms with Gasteiger partial charge in [-0.15, -0.1) is 0 Å². The highest BCUT2D eigenvalue weighted by atomic mass is 31.2. The van der Waals surface area contributed by atoms with Crippen LogP contribution in [0.5, 0.6) is 0 Å². The molecule has 25 heteroatoms. The van der Waals surface area contributed by atoms with Crippen LogP contribution < -0.4 is 11.1 Å². The second kappa shape index (κ2) is 14.8. The van der Waals surface area contributed by atoms with Crippen LogP contribution in [0.3, 0.4) is 0 Å². The van der Waals surface area contributed by atoms with Gasteiger partial charge in [0.1, 0.15) is 48.5 Å². The van der Waals surface area contributed by atoms with Crippen LogP contribution in [-0.4, -0.2) is 158 Å². The minimum atomic E-state index is -5.03. The van der Waals surface area contributed by atoms with Gasteiger partial charge in [0.2, 0.25) is 0 Å². The standard InChI is InChI=1S/C28H37N9O14P2/c1-11-3-13-14(4-12(11)2)36(25-19(33-13)26(43)35-28(44)34-25)5-15(38)20(40)16(39)6-49-52(45,46)10-53(47,48)50-7-17-21(41)22(42)27(51-17)37-9-32-18-23(29)30-8-31-24(18)37/h3-4,8-9,13-17,20-22,27,38-42H,5-7,10H2,1-2H3,(H,45,46)(H,47,48)(H2,29,30,31)(H,35,43,44)/t13?,14?,15?,16?,17-,20?,21+,22?,27-/m1/s1. The van der Waals surface area contributed by atoms with Crippen molar-refractivity contribution in [3.05, 3.63) is 36.0 Å². The van der Waals surface area contributed by atoms with E-state index >= 15 is 0 Å². The molecular weight excluding hydrogens is 748 g/mol. The minimum Gasteiger partial charge on any atom is -0.388 e. The zero-order valence-corrected chi connectivity index (χ0v) is 29.7. The van der Waals surface area contributed by atoms with Crippen molar-refractivity contribution in [2.75, 3.05) is 31.4 Å². The number of nitrogens with two attached hydrogens (primary N) is 1. The Bertz CT molecular complexity index is 2020. The van der Waals surface area contributed by atoms with Crippen LogP contribution in [0.15, 0.2) is 45.9 Å². The Kier molecular flexibility index (Phi) is 10.8. The molecule has 1 saturated heterocycles. The second-order valence-corrected chi connectivity index (χ2v) is 17.0. The van der Waals surface area contributed by atoms with Crippen LogP contribution >= 0.6 is 15.2 Å². The van der Waals surface area contributed by atoms with Crippen molar-refractivity contribution in [2.24, 2.45) is 9.98 Å². The number of aliphatic hydroxyl groups excluding tert-OH is 5. The third-order valence-corrected chi connectivity index (χ3v) is 13.0. The summed E-state index contributed by atoms with van der Waals surface area (Å²) in [5.41, 5.74) is 7.67. The van der Waals surface area contributed by atoms with Crippen molar-refractivity contribution in [2.45, 2.75) is 68.8 Å². The number of carbonyl (C=O) groups is 2. The highest BCUT2D eigenvalue weighted by Crippen LogP contribution is 2.58. The molecule has 0 bridgehead atoms. The first-order valence-corrected chi connectivity index (χ1v) is 19.5. The Hall–Kier alpha value is -3.83. The molecule has 2 aromatic heterocycles. The van der Waals surface area contributed by atoms with E-state index in [1.54, 1.807) is 12.2 Å². The fourth-order valence-corrected chi connectivity index (χ4v) is 9.34. The lowest BCUT2D eigenvalue weighted by atomic mass is 9.89. The zero-order valence-electron chi connectivity index (χ0n) is 27.9. The lowest BCUT2D eigenvalue weighted by Gasteiger charge is -2.43. The molecule has 0 aromatic carbocycles. The summed E-state index contributed by atoms with van der Waals surface area (Å²) in [6.45, 7) is 1.24. The number of hydrogen-bond acceptors (Lipinski definition) is 18. The van der Waals surface area contributed by atoms with Gasteiger partial charge in [-0.3, -0.25) is 28.8 Å². The van der Waals surface area contributed by atoms with Gasteiger partial charge in [-0.05, 0) is 13.8 Å². The summed E-state index contributed by atoms with van der Waals surface area (Å²) in [6.07, 6.45) is -5.84. The number of allylic oxidation sites excluding steroid dienone is 2. The summed E-state index contributed by atoms with van der Waals surface area (Å²) in [5.74, 6) is -2.42. The molecule has 23 nitrogen and oxygen atoms in total. The first-order valence-electron chi connectivity index (χ1n) is 15.9. The highest BCUT2D eigenvalue weighted by molar-refractivity contribution is 7.70. The largest absolute Gasteiger partial charge is 0.388 e. The quantitative estimate of drug-likeness (QED) is 0.0949. The summed E-state index contributed by atoms with van der Waals surface area (Å²) in [7, 11) is -10.0. The minimum absolute atomic E-state index is 0.0474. The molecule has 1 fully saturated rings. The second-order valence-electron chi connectivity index (χ2n) is 12.8. The van der Waals surface area contributed by atoms with Crippen molar-refractivity contribution < 1.29 is 67.8 Å². The number of aromatic nitrogens is 4. The van der Waals surface area contributed by atoms with Gasteiger partial charge >= 0.3 is 21.2 Å². The van der Waals surface area contributed by atoms with Gasteiger partial charge in [0.05, 0.1) is 31.6 Å². The van der Waals surface area contributed by atoms with Gasteiger partial charge in [-0.1, -0.05) is 23.3 Å². The number of aliphatic hydroxyl groups is 5. The number of ether oxygens (including phenoxy) is 1. The average molecular weight is 786 g/mol. The molecule has 2 aromatic rings. The maximum atomic E-state index is 12.8. The number of hydrogen-bond donors (Lipinski definition) is 9. The summed E-state index contributed by atoms with van der Waals surface area (Å²) in [6, 6.07) is -2.24. The zero-order chi connectivity index (χ0) is 38.6. The van der Waals surface area contributed by atoms with E-state index in [-0.39, 0.29) is 28.5 Å². The van der Waals surface area contributed by atoms with Gasteiger partial charge in [0, 0.05) is 6.54 Å². The maximum absolute atomic E-state index is 12.8. The predicted octanol–water partition coefficient (Wildman–Crippen LogP) is -2.48. The van der Waals surface area contributed by atoms with Gasteiger partial charge in [-0.25, -0.2) is 19.7 Å². The van der Waals surface area contributed by atoms with E-state index in [2.05, 4.69) is 24.9 Å². The first kappa shape index (κ1) is 38.9. The number of rotatable bonds is 13. The molecule has 0 radical (unpaired) electrons. The van der Waals surface area contributed by atoms with Gasteiger partial charge in [-0.2, -0.15) is 4.99 Å². The Balaban J connectivity index is 1.04. The number of anilines is 1. The fourth-order valence-electron chi connectivity index (χ4n) is 6.12. The summed E-state index contributed by atoms with van der Waals surface area (Å²) < 4.78 is 42.1. The van der Waals surface area contributed by atoms with Crippen molar-refractivity contribution in [1.82, 2.24) is 29.7 Å². The lowest BCUT2D eigenvalue weighted by molar-refractivity contribution is -0.113. The van der Waals surface area contributed by atoms with Crippen LogP contribution in [0.2, 0.25) is 0 Å². The number of imide groups is 1. The number of fused-ring (bicyclic) bond motifs is 3. The average Bonchev–Trinajstić information content (AvgIpc) is 3.63. The van der Waals surface area contributed by atoms with Gasteiger partial charge in [0.15, 0.2) is 35.1 Å². The predicted molar refractivity (Wildman–Crippen MR) is 180 cm³/mol. The number of imidazole rings is 1. The van der Waals surface area contributed by atoms with Crippen molar-refractivity contribution in [1.29, 1.82) is 0 Å². The molecule has 6 rings (SSSR count). The number of nitrogens with one attached hydrogen (secondary N) is 1. The number of nitrogens with zero attached hydrogens (tertiary/aromatic N) is 7. The molecule has 0 spiro atoms. The topological polar surface area (TPSA) is 347 Å². The van der Waals surface area contributed by atoms with E-state index in [1.165, 1.54) is 15.8 Å². The van der Waals surface area contributed by atoms with E-state index in [1.807, 2.05) is 19.2 Å². The Morgan fingerprint density at radius 1 is 1.00 bits per heavy atom. The van der Waals surface area contributed by atoms with E-state index in [0.717, 1.165) is 17.5 Å². The van der Waals surface area contributed by atoms with E-state index < -0.39 is 108 Å². The molecule has 8 unspecified atom stereocenters. The first-order chi connectivity index (χ1) is 24.9. The summed E-state index contributed by atoms with van der Waals surface area (Å²) in [5, 5.41) is 55.3. The lowest BCUT2D eigenvalue weighted by Crippen LogP contribution is -2.61. The summed E-state index contributed by atoms with van der Waals surface area (Å²) >= 11 is 0. The number of carbonyl (C=O) groups excluding carboxylic acids is 2. The molecular formula is C28H37N9O14P2. The molecule has 4 aliphatic rings. The van der Waals surface area contributed by atoms with E-state index in [0.29, 0.717) is 0 Å². The number of aliphatic imine (C=N–C) groups is 2. The highest BCUT2D eigenvalue weighted by Gasteiger charge is 2.47. The van der Waals surface area contributed by atoms with Crippen molar-refractivity contribution in [3.8, 4) is 0 Å². The van der Waals surface area contributed by atoms with E-state index in [9.17, 15) is 54.0 Å². The molecule has 288 valence electrons. The van der Waals surface area contributed by atoms with E-state index in [4.69, 9.17) is 19.5 Å². The van der Waals surface area contributed by atoms with Gasteiger partial charge in [0.25, 0.3) is 5.91 Å². The van der Waals surface area contributed by atoms with Crippen LogP contribution in [0.4, 0.5) is 10.6 Å². The third-order valence-electron chi connectivity index (χ3n) is 8.99. The SMILES string of the molecule is CC1=CC2N=C3C(=O)NC(=O)N=C3N(CC(O)C(O)C(O)COP(=O)(O)CP(=O)(O)OC[C@H]3O[C@@H](n4cnc5c(N)ncnc54)C(O)[C@H]3O)C2C=C1C. The van der Waals surface area contributed by atoms with Gasteiger partial charge < -0.3 is 59.7 Å². The van der Waals surface area contributed by atoms with Crippen molar-refractivity contribution >= 4 is 55.7 Å². The number of nitrogen functional groups attached to an aromatic ring is 1. The number of urea groups is 1. The Morgan fingerprint density at radius 2 is 1.70 bits per heavy atom. The Labute approximate surface area is 299 Å². The molecule has 3 amide bonds. The number of amides is 3. The fraction of sp³-hybridized carbons (Fsp3) is 0.536.